The molecule has 0 spiro atoms. The van der Waals surface area contributed by atoms with Gasteiger partial charge in [-0.25, -0.2) is 5.10 Å². The summed E-state index contributed by atoms with van der Waals surface area (Å²) in [4.78, 5) is 0. The van der Waals surface area contributed by atoms with Crippen LogP contribution >= 0.6 is 35.4 Å². The molecule has 2 N–H and O–H groups in total. The number of aromatic nitrogens is 5. The summed E-state index contributed by atoms with van der Waals surface area (Å²) in [7, 11) is 0. The van der Waals surface area contributed by atoms with Gasteiger partial charge in [-0.15, -0.1) is 0 Å². The van der Waals surface area contributed by atoms with Crippen LogP contribution in [0.4, 0.5) is 0 Å². The minimum atomic E-state index is 0.343. The second-order valence-corrected chi connectivity index (χ2v) is 5.68. The summed E-state index contributed by atoms with van der Waals surface area (Å²) in [5, 5.41) is 19.2. The molecule has 0 atom stereocenters. The highest BCUT2D eigenvalue weighted by Gasteiger charge is 2.11. The standard InChI is InChI=1S/C13H10Cl2N6S/c1-7-5-11(18-17-7)12-19-20-13(22)21(12)16-6-8-9(14)3-2-4-10(8)15/h2-6H,1H3,(H,17,18)(H,20,22)/b16-6-. The first-order valence-corrected chi connectivity index (χ1v) is 7.41. The van der Waals surface area contributed by atoms with Crippen molar-refractivity contribution in [1.29, 1.82) is 0 Å². The Hall–Kier alpha value is -1.96. The van der Waals surface area contributed by atoms with Gasteiger partial charge in [-0.1, -0.05) is 29.3 Å². The zero-order chi connectivity index (χ0) is 15.7. The molecule has 6 nitrogen and oxygen atoms in total. The molecule has 22 heavy (non-hydrogen) atoms. The van der Waals surface area contributed by atoms with Gasteiger partial charge in [0, 0.05) is 11.3 Å². The van der Waals surface area contributed by atoms with Crippen LogP contribution in [0.2, 0.25) is 10.0 Å². The Labute approximate surface area is 140 Å². The lowest BCUT2D eigenvalue weighted by molar-refractivity contribution is 0.865. The number of rotatable bonds is 3. The molecule has 0 unspecified atom stereocenters. The zero-order valence-electron chi connectivity index (χ0n) is 11.3. The fourth-order valence-electron chi connectivity index (χ4n) is 1.85. The van der Waals surface area contributed by atoms with Gasteiger partial charge in [-0.2, -0.15) is 20.0 Å². The first-order chi connectivity index (χ1) is 10.6. The normalized spacial score (nSPS) is 11.4. The number of hydrogen-bond donors (Lipinski definition) is 2. The first-order valence-electron chi connectivity index (χ1n) is 6.24. The van der Waals surface area contributed by atoms with Crippen molar-refractivity contribution >= 4 is 41.6 Å². The summed E-state index contributed by atoms with van der Waals surface area (Å²) in [6.45, 7) is 1.90. The molecule has 0 aliphatic rings. The van der Waals surface area contributed by atoms with Crippen LogP contribution in [0.3, 0.4) is 0 Å². The molecule has 0 aliphatic carbocycles. The minimum absolute atomic E-state index is 0.343. The van der Waals surface area contributed by atoms with Crippen LogP contribution in [0, 0.1) is 11.7 Å². The number of nitrogens with one attached hydrogen (secondary N) is 2. The van der Waals surface area contributed by atoms with E-state index in [9.17, 15) is 0 Å². The molecule has 0 saturated heterocycles. The van der Waals surface area contributed by atoms with Gasteiger partial charge in [-0.05, 0) is 37.3 Å². The van der Waals surface area contributed by atoms with E-state index < -0.39 is 0 Å². The highest BCUT2D eigenvalue weighted by molar-refractivity contribution is 7.71. The number of nitrogens with zero attached hydrogens (tertiary/aromatic N) is 4. The van der Waals surface area contributed by atoms with E-state index in [0.29, 0.717) is 31.9 Å². The maximum atomic E-state index is 6.12. The van der Waals surface area contributed by atoms with Crippen molar-refractivity contribution in [2.75, 3.05) is 0 Å². The fourth-order valence-corrected chi connectivity index (χ4v) is 2.52. The Morgan fingerprint density at radius 3 is 2.59 bits per heavy atom. The summed E-state index contributed by atoms with van der Waals surface area (Å²) in [5.74, 6) is 0.494. The molecule has 2 heterocycles. The molecule has 0 radical (unpaired) electrons. The van der Waals surface area contributed by atoms with E-state index in [-0.39, 0.29) is 0 Å². The topological polar surface area (TPSA) is 74.7 Å². The second-order valence-electron chi connectivity index (χ2n) is 4.48. The number of halogens is 2. The molecule has 0 saturated carbocycles. The summed E-state index contributed by atoms with van der Waals surface area (Å²) in [6, 6.07) is 7.09. The first kappa shape index (κ1) is 15.0. The summed E-state index contributed by atoms with van der Waals surface area (Å²) in [5.41, 5.74) is 2.15. The van der Waals surface area contributed by atoms with E-state index in [1.54, 1.807) is 24.4 Å². The van der Waals surface area contributed by atoms with Crippen molar-refractivity contribution < 1.29 is 0 Å². The molecule has 0 amide bonds. The van der Waals surface area contributed by atoms with Crippen LogP contribution in [-0.2, 0) is 0 Å². The third kappa shape index (κ3) is 2.83. The molecule has 2 aromatic heterocycles. The number of H-pyrrole nitrogens is 2. The predicted octanol–water partition coefficient (Wildman–Crippen LogP) is 3.83. The van der Waals surface area contributed by atoms with Crippen LogP contribution in [0.15, 0.2) is 29.4 Å². The average molecular weight is 353 g/mol. The molecule has 0 bridgehead atoms. The number of aryl methyl sites for hydroxylation is 1. The molecule has 3 aromatic rings. The van der Waals surface area contributed by atoms with Crippen molar-refractivity contribution in [3.8, 4) is 11.5 Å². The van der Waals surface area contributed by atoms with Gasteiger partial charge in [-0.3, -0.25) is 5.10 Å². The van der Waals surface area contributed by atoms with Gasteiger partial charge in [0.15, 0.2) is 0 Å². The molecule has 9 heteroatoms. The Kier molecular flexibility index (Phi) is 4.10. The summed E-state index contributed by atoms with van der Waals surface area (Å²) >= 11 is 17.4. The monoisotopic (exact) mass is 352 g/mol. The molecule has 0 aliphatic heterocycles. The van der Waals surface area contributed by atoms with Crippen molar-refractivity contribution in [2.45, 2.75) is 6.92 Å². The quantitative estimate of drug-likeness (QED) is 0.555. The lowest BCUT2D eigenvalue weighted by Crippen LogP contribution is -1.96. The molecular weight excluding hydrogens is 343 g/mol. The van der Waals surface area contributed by atoms with Crippen LogP contribution in [0.5, 0.6) is 0 Å². The Morgan fingerprint density at radius 1 is 1.23 bits per heavy atom. The van der Waals surface area contributed by atoms with E-state index >= 15 is 0 Å². The smallest absolute Gasteiger partial charge is 0.216 e. The van der Waals surface area contributed by atoms with Crippen LogP contribution in [0.1, 0.15) is 11.3 Å². The van der Waals surface area contributed by atoms with Crippen molar-refractivity contribution in [3.05, 3.63) is 50.3 Å². The van der Waals surface area contributed by atoms with Gasteiger partial charge in [0.2, 0.25) is 10.6 Å². The van der Waals surface area contributed by atoms with Crippen LogP contribution in [-0.4, -0.2) is 31.3 Å². The van der Waals surface area contributed by atoms with E-state index in [1.165, 1.54) is 4.68 Å². The average Bonchev–Trinajstić information content (AvgIpc) is 3.05. The summed E-state index contributed by atoms with van der Waals surface area (Å²) < 4.78 is 1.81. The third-order valence-corrected chi connectivity index (χ3v) is 3.81. The maximum Gasteiger partial charge on any atom is 0.216 e. The SMILES string of the molecule is Cc1cc(-c2n[nH]c(=S)n2/N=C\c2c(Cl)cccc2Cl)n[nH]1. The second kappa shape index (κ2) is 6.04. The lowest BCUT2D eigenvalue weighted by atomic mass is 10.2. The molecular formula is C13H10Cl2N6S. The van der Waals surface area contributed by atoms with Gasteiger partial charge in [0.1, 0.15) is 5.69 Å². The molecule has 3 rings (SSSR count). The largest absolute Gasteiger partial charge is 0.282 e. The number of aromatic amines is 2. The van der Waals surface area contributed by atoms with Crippen molar-refractivity contribution in [1.82, 2.24) is 25.1 Å². The van der Waals surface area contributed by atoms with Gasteiger partial charge in [0.05, 0.1) is 16.3 Å². The lowest BCUT2D eigenvalue weighted by Gasteiger charge is -2.01. The van der Waals surface area contributed by atoms with Crippen LogP contribution < -0.4 is 0 Å². The van der Waals surface area contributed by atoms with Crippen molar-refractivity contribution in [3.63, 3.8) is 0 Å². The molecule has 112 valence electrons. The zero-order valence-corrected chi connectivity index (χ0v) is 13.7. The Bertz CT molecular complexity index is 887. The van der Waals surface area contributed by atoms with E-state index in [0.717, 1.165) is 5.69 Å². The van der Waals surface area contributed by atoms with E-state index in [4.69, 9.17) is 35.4 Å². The predicted molar refractivity (Wildman–Crippen MR) is 89.2 cm³/mol. The highest BCUT2D eigenvalue weighted by atomic mass is 35.5. The van der Waals surface area contributed by atoms with Gasteiger partial charge < -0.3 is 0 Å². The van der Waals surface area contributed by atoms with E-state index in [2.05, 4.69) is 25.5 Å². The molecule has 1 aromatic carbocycles. The highest BCUT2D eigenvalue weighted by Crippen LogP contribution is 2.22. The summed E-state index contributed by atoms with van der Waals surface area (Å²) in [6.07, 6.45) is 1.54. The Morgan fingerprint density at radius 2 is 1.95 bits per heavy atom. The van der Waals surface area contributed by atoms with Gasteiger partial charge >= 0.3 is 0 Å². The minimum Gasteiger partial charge on any atom is -0.282 e. The number of benzene rings is 1. The maximum absolute atomic E-state index is 6.12. The van der Waals surface area contributed by atoms with E-state index in [1.807, 2.05) is 13.0 Å². The van der Waals surface area contributed by atoms with Crippen LogP contribution in [0.25, 0.3) is 11.5 Å². The fraction of sp³-hybridized carbons (Fsp3) is 0.0769. The molecule has 0 fully saturated rings. The third-order valence-electron chi connectivity index (χ3n) is 2.89. The Balaban J connectivity index is 2.05. The number of hydrogen-bond acceptors (Lipinski definition) is 4. The van der Waals surface area contributed by atoms with Crippen molar-refractivity contribution in [2.24, 2.45) is 5.10 Å². The van der Waals surface area contributed by atoms with Gasteiger partial charge in [0.25, 0.3) is 0 Å².